The highest BCUT2D eigenvalue weighted by Crippen LogP contribution is 2.41. The molecule has 0 aromatic carbocycles. The number of hydrogen-bond acceptors (Lipinski definition) is 1. The van der Waals surface area contributed by atoms with Gasteiger partial charge in [-0.05, 0) is 5.04 Å². The summed E-state index contributed by atoms with van der Waals surface area (Å²) in [5.41, 5.74) is 0. The molecule has 0 atom stereocenters. The average molecular weight is 162 g/mol. The topological polar surface area (TPSA) is 0 Å². The van der Waals surface area contributed by atoms with Gasteiger partial charge in [-0.25, -0.2) is 12.1 Å². The minimum Gasteiger partial charge on any atom is -0.202 e. The van der Waals surface area contributed by atoms with Crippen LogP contribution in [0.2, 0.25) is 18.1 Å². The van der Waals surface area contributed by atoms with Crippen LogP contribution in [0, 0.1) is 0 Å². The summed E-state index contributed by atoms with van der Waals surface area (Å²) in [5, 5.41) is 0.482. The first-order chi connectivity index (χ1) is 3.81. The third kappa shape index (κ3) is 2.34. The van der Waals surface area contributed by atoms with E-state index in [0.29, 0.717) is 5.04 Å². The van der Waals surface area contributed by atoms with E-state index in [9.17, 15) is 0 Å². The van der Waals surface area contributed by atoms with Gasteiger partial charge in [0.05, 0.1) is 0 Å². The molecule has 0 saturated carbocycles. The molecule has 0 fully saturated rings. The molecule has 56 valence electrons. The third-order valence-corrected chi connectivity index (χ3v) is 8.02. The second-order valence-corrected chi connectivity index (χ2v) is 11.6. The van der Waals surface area contributed by atoms with Crippen LogP contribution in [0.3, 0.4) is 0 Å². The van der Waals surface area contributed by atoms with E-state index in [0.717, 1.165) is 0 Å². The van der Waals surface area contributed by atoms with Gasteiger partial charge in [0.15, 0.2) is 0 Å². The smallest absolute Gasteiger partial charge is 0.112 e. The Kier molecular flexibility index (Phi) is 2.83. The van der Waals surface area contributed by atoms with Gasteiger partial charge < -0.3 is 0 Å². The molecule has 0 aliphatic rings. The second-order valence-electron chi connectivity index (χ2n) is 3.80. The van der Waals surface area contributed by atoms with Crippen molar-refractivity contribution in [2.45, 2.75) is 45.3 Å². The molecule has 0 aromatic rings. The van der Waals surface area contributed by atoms with Crippen LogP contribution in [0.5, 0.6) is 0 Å². The zero-order chi connectivity index (χ0) is 7.71. The first kappa shape index (κ1) is 9.57. The van der Waals surface area contributed by atoms with E-state index >= 15 is 0 Å². The predicted octanol–water partition coefficient (Wildman–Crippen LogP) is 3.31. The maximum atomic E-state index is 4.65. The Morgan fingerprint density at radius 1 is 1.33 bits per heavy atom. The first-order valence-corrected chi connectivity index (χ1v) is 7.82. The molecule has 0 heterocycles. The third-order valence-electron chi connectivity index (χ3n) is 2.54. The maximum Gasteiger partial charge on any atom is 0.112 e. The van der Waals surface area contributed by atoms with Crippen LogP contribution in [0.15, 0.2) is 0 Å². The van der Waals surface area contributed by atoms with Gasteiger partial charge in [0, 0.05) is 0 Å². The van der Waals surface area contributed by atoms with Crippen molar-refractivity contribution < 1.29 is 0 Å². The van der Waals surface area contributed by atoms with Crippen molar-refractivity contribution in [3.63, 3.8) is 0 Å². The SMILES string of the molecule is CCC(C)(C)[Si](C)(C)S. The van der Waals surface area contributed by atoms with Crippen molar-refractivity contribution in [2.75, 3.05) is 0 Å². The molecule has 0 aromatic heterocycles. The van der Waals surface area contributed by atoms with Gasteiger partial charge in [-0.1, -0.05) is 40.3 Å². The normalized spacial score (nSPS) is 14.0. The van der Waals surface area contributed by atoms with Gasteiger partial charge in [-0.3, -0.25) is 0 Å². The lowest BCUT2D eigenvalue weighted by Crippen LogP contribution is -2.32. The molecule has 0 bridgehead atoms. The number of hydrogen-bond donors (Lipinski definition) is 1. The van der Waals surface area contributed by atoms with Gasteiger partial charge in [-0.2, -0.15) is 0 Å². The lowest BCUT2D eigenvalue weighted by Gasteiger charge is -2.34. The summed E-state index contributed by atoms with van der Waals surface area (Å²) in [4.78, 5) is 0. The molecule has 0 aliphatic heterocycles. The lowest BCUT2D eigenvalue weighted by molar-refractivity contribution is 0.631. The van der Waals surface area contributed by atoms with E-state index in [1.165, 1.54) is 6.42 Å². The van der Waals surface area contributed by atoms with Gasteiger partial charge in [0.2, 0.25) is 0 Å². The Bertz CT molecular complexity index is 91.6. The fourth-order valence-electron chi connectivity index (χ4n) is 0.433. The zero-order valence-electron chi connectivity index (χ0n) is 7.15. The molecule has 0 radical (unpaired) electrons. The molecule has 0 nitrogen and oxygen atoms in total. The summed E-state index contributed by atoms with van der Waals surface area (Å²) in [6.07, 6.45) is 1.25. The van der Waals surface area contributed by atoms with Crippen molar-refractivity contribution in [3.8, 4) is 0 Å². The molecule has 0 unspecified atom stereocenters. The van der Waals surface area contributed by atoms with Crippen molar-refractivity contribution >= 4 is 19.3 Å². The standard InChI is InChI=1S/C7H18SSi/c1-6-7(2,3)9(4,5)8/h8H,6H2,1-5H3. The fraction of sp³-hybridized carbons (Fsp3) is 1.00. The van der Waals surface area contributed by atoms with Crippen molar-refractivity contribution in [2.24, 2.45) is 0 Å². The lowest BCUT2D eigenvalue weighted by atomic mass is 10.1. The Morgan fingerprint density at radius 3 is 1.67 bits per heavy atom. The van der Waals surface area contributed by atoms with E-state index in [1.54, 1.807) is 0 Å². The Balaban J connectivity index is 4.14. The van der Waals surface area contributed by atoms with E-state index in [-0.39, 0.29) is 0 Å². The molecule has 0 rings (SSSR count). The highest BCUT2D eigenvalue weighted by molar-refractivity contribution is 8.14. The maximum absolute atomic E-state index is 4.65. The molecule has 0 N–H and O–H groups in total. The summed E-state index contributed by atoms with van der Waals surface area (Å²) < 4.78 is 0. The van der Waals surface area contributed by atoms with Crippen LogP contribution in [-0.2, 0) is 0 Å². The highest BCUT2D eigenvalue weighted by Gasteiger charge is 2.33. The van der Waals surface area contributed by atoms with Gasteiger partial charge in [0.25, 0.3) is 0 Å². The van der Waals surface area contributed by atoms with Crippen LogP contribution < -0.4 is 0 Å². The van der Waals surface area contributed by atoms with Gasteiger partial charge in [0.1, 0.15) is 7.22 Å². The first-order valence-electron chi connectivity index (χ1n) is 3.53. The van der Waals surface area contributed by atoms with Crippen LogP contribution in [0.4, 0.5) is 0 Å². The van der Waals surface area contributed by atoms with E-state index in [1.807, 2.05) is 0 Å². The molecular formula is C7H18SSi. The zero-order valence-corrected chi connectivity index (χ0v) is 9.05. The Labute approximate surface area is 65.1 Å². The fourth-order valence-corrected chi connectivity index (χ4v) is 1.77. The minimum absolute atomic E-state index is 0.482. The van der Waals surface area contributed by atoms with Crippen LogP contribution in [0.25, 0.3) is 0 Å². The van der Waals surface area contributed by atoms with Gasteiger partial charge >= 0.3 is 0 Å². The number of thiol groups is 1. The summed E-state index contributed by atoms with van der Waals surface area (Å²) in [6.45, 7) is 11.5. The molecule has 0 saturated heterocycles. The average Bonchev–Trinajstić information content (AvgIpc) is 1.64. The predicted molar refractivity (Wildman–Crippen MR) is 50.8 cm³/mol. The quantitative estimate of drug-likeness (QED) is 0.467. The summed E-state index contributed by atoms with van der Waals surface area (Å²) in [5.74, 6) is 0. The van der Waals surface area contributed by atoms with Gasteiger partial charge in [-0.15, -0.1) is 0 Å². The molecular weight excluding hydrogens is 144 g/mol. The molecule has 0 amide bonds. The van der Waals surface area contributed by atoms with Crippen LogP contribution >= 0.6 is 12.1 Å². The van der Waals surface area contributed by atoms with Crippen LogP contribution in [-0.4, -0.2) is 7.22 Å². The largest absolute Gasteiger partial charge is 0.202 e. The minimum atomic E-state index is -1.19. The Hall–Kier alpha value is 0.567. The molecule has 9 heavy (non-hydrogen) atoms. The van der Waals surface area contributed by atoms with Crippen molar-refractivity contribution in [1.29, 1.82) is 0 Å². The molecule has 0 aliphatic carbocycles. The summed E-state index contributed by atoms with van der Waals surface area (Å²) in [6, 6.07) is 0. The Morgan fingerprint density at radius 2 is 1.67 bits per heavy atom. The highest BCUT2D eigenvalue weighted by atomic mass is 32.3. The van der Waals surface area contributed by atoms with E-state index < -0.39 is 7.22 Å². The second kappa shape index (κ2) is 2.66. The molecule has 2 heteroatoms. The summed E-state index contributed by atoms with van der Waals surface area (Å²) >= 11 is 4.65. The van der Waals surface area contributed by atoms with E-state index in [2.05, 4.69) is 45.9 Å². The number of rotatable bonds is 2. The molecule has 0 spiro atoms. The van der Waals surface area contributed by atoms with Crippen molar-refractivity contribution in [3.05, 3.63) is 0 Å². The summed E-state index contributed by atoms with van der Waals surface area (Å²) in [7, 11) is -1.19. The van der Waals surface area contributed by atoms with E-state index in [4.69, 9.17) is 0 Å². The monoisotopic (exact) mass is 162 g/mol. The van der Waals surface area contributed by atoms with Crippen LogP contribution in [0.1, 0.15) is 27.2 Å². The van der Waals surface area contributed by atoms with Crippen molar-refractivity contribution in [1.82, 2.24) is 0 Å².